The molecule has 0 aromatic heterocycles. The highest BCUT2D eigenvalue weighted by molar-refractivity contribution is 6.58. The van der Waals surface area contributed by atoms with Crippen LogP contribution >= 0.6 is 0 Å². The molecule has 1 amide bonds. The molecule has 0 bridgehead atoms. The third kappa shape index (κ3) is 5.10. The lowest BCUT2D eigenvalue weighted by molar-refractivity contribution is -0.116. The van der Waals surface area contributed by atoms with E-state index in [9.17, 15) is 17.7 Å². The molecule has 1 N–H and O–H groups in total. The van der Waals surface area contributed by atoms with Crippen LogP contribution in [0.1, 0.15) is 6.42 Å². The predicted molar refractivity (Wildman–Crippen MR) is 53.6 cm³/mol. The van der Waals surface area contributed by atoms with Gasteiger partial charge in [-0.05, 0) is 12.1 Å². The molecule has 0 aliphatic carbocycles. The van der Waals surface area contributed by atoms with E-state index in [1.54, 1.807) is 30.3 Å². The van der Waals surface area contributed by atoms with Crippen molar-refractivity contribution in [2.24, 2.45) is 0 Å². The number of anilines is 1. The van der Waals surface area contributed by atoms with E-state index in [0.29, 0.717) is 5.69 Å². The smallest absolute Gasteiger partial charge is 0.449 e. The van der Waals surface area contributed by atoms with Crippen LogP contribution in [-0.4, -0.2) is 12.9 Å². The third-order valence-corrected chi connectivity index (χ3v) is 1.76. The summed E-state index contributed by atoms with van der Waals surface area (Å²) >= 11 is 0. The maximum absolute atomic E-state index is 11.8. The van der Waals surface area contributed by atoms with Gasteiger partial charge >= 0.3 is 6.98 Å². The minimum absolute atomic E-state index is 0.511. The van der Waals surface area contributed by atoms with Gasteiger partial charge in [-0.25, -0.2) is 0 Å². The van der Waals surface area contributed by atoms with Crippen molar-refractivity contribution in [2.75, 3.05) is 5.32 Å². The van der Waals surface area contributed by atoms with Gasteiger partial charge in [-0.2, -0.15) is 0 Å². The minimum Gasteiger partial charge on any atom is -0.449 e. The number of nitrogens with one attached hydrogen (secondary N) is 1. The van der Waals surface area contributed by atoms with Crippen molar-refractivity contribution in [1.29, 1.82) is 0 Å². The van der Waals surface area contributed by atoms with Gasteiger partial charge in [-0.3, -0.25) is 4.79 Å². The molecule has 1 rings (SSSR count). The van der Waals surface area contributed by atoms with Crippen molar-refractivity contribution in [3.05, 3.63) is 30.3 Å². The Labute approximate surface area is 85.5 Å². The molecule has 0 spiro atoms. The molecule has 1 aromatic carbocycles. The Balaban J connectivity index is 2.38. The highest BCUT2D eigenvalue weighted by atomic mass is 19.4. The van der Waals surface area contributed by atoms with Gasteiger partial charge in [-0.15, -0.1) is 0 Å². The highest BCUT2D eigenvalue weighted by Crippen LogP contribution is 2.17. The van der Waals surface area contributed by atoms with Crippen LogP contribution in [0.15, 0.2) is 30.3 Å². The first kappa shape index (κ1) is 11.6. The van der Waals surface area contributed by atoms with Crippen molar-refractivity contribution in [3.63, 3.8) is 0 Å². The van der Waals surface area contributed by atoms with Crippen LogP contribution in [0.5, 0.6) is 0 Å². The molecule has 0 saturated carbocycles. The molecule has 0 unspecified atom stereocenters. The lowest BCUT2D eigenvalue weighted by atomic mass is 9.84. The largest absolute Gasteiger partial charge is 0.478 e. The number of amides is 1. The standard InChI is InChI=1S/C9H10BF3NO/c11-10(12,13)7-6-9(15)14-8-4-2-1-3-5-8/h1-5H,6-7H2,(H,14,15)/q-1. The molecule has 0 fully saturated rings. The summed E-state index contributed by atoms with van der Waals surface area (Å²) in [6.07, 6.45) is -1.54. The molecular weight excluding hydrogens is 206 g/mol. The zero-order valence-electron chi connectivity index (χ0n) is 7.92. The summed E-state index contributed by atoms with van der Waals surface area (Å²) in [5.74, 6) is -0.611. The quantitative estimate of drug-likeness (QED) is 0.770. The first-order chi connectivity index (χ1) is 6.97. The van der Waals surface area contributed by atoms with Crippen LogP contribution in [0.4, 0.5) is 18.6 Å². The zero-order valence-corrected chi connectivity index (χ0v) is 7.92. The molecule has 15 heavy (non-hydrogen) atoms. The number of benzene rings is 1. The Morgan fingerprint density at radius 1 is 1.20 bits per heavy atom. The Bertz CT molecular complexity index is 326. The van der Waals surface area contributed by atoms with Crippen molar-refractivity contribution < 1.29 is 17.7 Å². The van der Waals surface area contributed by atoms with Crippen LogP contribution in [0, 0.1) is 0 Å². The number of carbonyl (C=O) groups is 1. The van der Waals surface area contributed by atoms with Gasteiger partial charge in [0.2, 0.25) is 5.91 Å². The first-order valence-corrected chi connectivity index (χ1v) is 4.53. The topological polar surface area (TPSA) is 29.1 Å². The Morgan fingerprint density at radius 2 is 1.80 bits per heavy atom. The van der Waals surface area contributed by atoms with Crippen molar-refractivity contribution in [3.8, 4) is 0 Å². The van der Waals surface area contributed by atoms with Crippen LogP contribution in [0.3, 0.4) is 0 Å². The van der Waals surface area contributed by atoms with Gasteiger partial charge in [0.25, 0.3) is 0 Å². The van der Waals surface area contributed by atoms with E-state index in [0.717, 1.165) is 0 Å². The third-order valence-electron chi connectivity index (χ3n) is 1.76. The van der Waals surface area contributed by atoms with Crippen LogP contribution in [-0.2, 0) is 4.79 Å². The van der Waals surface area contributed by atoms with Gasteiger partial charge in [0.1, 0.15) is 0 Å². The fourth-order valence-corrected chi connectivity index (χ4v) is 1.04. The van der Waals surface area contributed by atoms with Crippen molar-refractivity contribution in [2.45, 2.75) is 12.7 Å². The molecule has 6 heteroatoms. The summed E-state index contributed by atoms with van der Waals surface area (Å²) in [7, 11) is 0. The zero-order chi connectivity index (χ0) is 11.3. The summed E-state index contributed by atoms with van der Waals surface area (Å²) < 4.78 is 35.5. The van der Waals surface area contributed by atoms with Crippen molar-refractivity contribution in [1.82, 2.24) is 0 Å². The van der Waals surface area contributed by atoms with Gasteiger partial charge in [0.15, 0.2) is 0 Å². The molecule has 0 radical (unpaired) electrons. The Kier molecular flexibility index (Phi) is 3.77. The lowest BCUT2D eigenvalue weighted by Crippen LogP contribution is -2.19. The molecule has 0 atom stereocenters. The Morgan fingerprint density at radius 3 is 2.33 bits per heavy atom. The highest BCUT2D eigenvalue weighted by Gasteiger charge is 2.23. The fourth-order valence-electron chi connectivity index (χ4n) is 1.04. The summed E-state index contributed by atoms with van der Waals surface area (Å²) in [4.78, 5) is 11.1. The van der Waals surface area contributed by atoms with Gasteiger partial charge < -0.3 is 18.3 Å². The number of carbonyl (C=O) groups excluding carboxylic acids is 1. The van der Waals surface area contributed by atoms with E-state index < -0.39 is 25.6 Å². The van der Waals surface area contributed by atoms with E-state index in [-0.39, 0.29) is 0 Å². The van der Waals surface area contributed by atoms with E-state index in [2.05, 4.69) is 5.32 Å². The lowest BCUT2D eigenvalue weighted by Gasteiger charge is -2.12. The number of rotatable bonds is 4. The second-order valence-electron chi connectivity index (χ2n) is 3.16. The molecule has 0 saturated heterocycles. The molecule has 0 aliphatic rings. The Hall–Kier alpha value is -1.46. The maximum atomic E-state index is 11.8. The molecule has 82 valence electrons. The van der Waals surface area contributed by atoms with Gasteiger partial charge in [-0.1, -0.05) is 24.5 Å². The second kappa shape index (κ2) is 4.86. The average Bonchev–Trinajstić information content (AvgIpc) is 2.15. The molecule has 1 aromatic rings. The molecular formula is C9H10BF3NO-. The first-order valence-electron chi connectivity index (χ1n) is 4.53. The summed E-state index contributed by atoms with van der Waals surface area (Å²) in [5, 5.41) is 2.39. The SMILES string of the molecule is O=C(CC[B-](F)(F)F)Nc1ccccc1. The fraction of sp³-hybridized carbons (Fsp3) is 0.222. The van der Waals surface area contributed by atoms with Crippen molar-refractivity contribution >= 4 is 18.6 Å². The van der Waals surface area contributed by atoms with Crippen LogP contribution < -0.4 is 5.32 Å². The van der Waals surface area contributed by atoms with Crippen LogP contribution in [0.25, 0.3) is 0 Å². The number of para-hydroxylation sites is 1. The number of hydrogen-bond acceptors (Lipinski definition) is 1. The van der Waals surface area contributed by atoms with E-state index in [1.807, 2.05) is 0 Å². The van der Waals surface area contributed by atoms with Gasteiger partial charge in [0, 0.05) is 12.1 Å². The maximum Gasteiger partial charge on any atom is 0.478 e. The molecule has 2 nitrogen and oxygen atoms in total. The summed E-state index contributed by atoms with van der Waals surface area (Å²) in [6.45, 7) is -4.88. The number of hydrogen-bond donors (Lipinski definition) is 1. The van der Waals surface area contributed by atoms with Crippen LogP contribution in [0.2, 0.25) is 6.32 Å². The number of halogens is 3. The van der Waals surface area contributed by atoms with E-state index in [4.69, 9.17) is 0 Å². The summed E-state index contributed by atoms with van der Waals surface area (Å²) in [6, 6.07) is 8.40. The molecule has 0 aliphatic heterocycles. The molecule has 0 heterocycles. The van der Waals surface area contributed by atoms with E-state index in [1.165, 1.54) is 0 Å². The summed E-state index contributed by atoms with van der Waals surface area (Å²) in [5.41, 5.74) is 0.511. The monoisotopic (exact) mass is 216 g/mol. The van der Waals surface area contributed by atoms with E-state index >= 15 is 0 Å². The predicted octanol–water partition coefficient (Wildman–Crippen LogP) is 2.86. The minimum atomic E-state index is -4.88. The average molecular weight is 216 g/mol. The second-order valence-corrected chi connectivity index (χ2v) is 3.16. The van der Waals surface area contributed by atoms with Gasteiger partial charge in [0.05, 0.1) is 0 Å². The normalized spacial score (nSPS) is 11.1.